The summed E-state index contributed by atoms with van der Waals surface area (Å²) in [5, 5.41) is 23.5. The number of nitrogens with zero attached hydrogens (tertiary/aromatic N) is 3. The Hall–Kier alpha value is -1.69. The zero-order valence-electron chi connectivity index (χ0n) is 16.1. The third-order valence-corrected chi connectivity index (χ3v) is 5.28. The topological polar surface area (TPSA) is 95.6 Å². The quantitative estimate of drug-likeness (QED) is 0.235. The number of halogens is 2. The smallest absolute Gasteiger partial charge is 0.248 e. The van der Waals surface area contributed by atoms with Crippen molar-refractivity contribution in [1.29, 1.82) is 0 Å². The van der Waals surface area contributed by atoms with E-state index in [2.05, 4.69) is 25.8 Å². The van der Waals surface area contributed by atoms with Gasteiger partial charge in [0.05, 0.1) is 6.54 Å². The van der Waals surface area contributed by atoms with E-state index in [1.807, 2.05) is 36.6 Å². The molecule has 156 valence electrons. The third kappa shape index (κ3) is 6.66. The molecule has 3 N–H and O–H groups in total. The Kier molecular flexibility index (Phi) is 8.87. The Morgan fingerprint density at radius 3 is 2.83 bits per heavy atom. The van der Waals surface area contributed by atoms with E-state index in [1.165, 1.54) is 11.3 Å². The second-order valence-corrected chi connectivity index (χ2v) is 7.71. The predicted octanol–water partition coefficient (Wildman–Crippen LogP) is 4.03. The van der Waals surface area contributed by atoms with Gasteiger partial charge in [-0.25, -0.2) is 4.99 Å². The molecule has 1 atom stereocenters. The van der Waals surface area contributed by atoms with Crippen LogP contribution < -0.4 is 10.6 Å². The summed E-state index contributed by atoms with van der Waals surface area (Å²) in [7, 11) is 0. The van der Waals surface area contributed by atoms with Gasteiger partial charge in [0.1, 0.15) is 12.1 Å². The highest BCUT2D eigenvalue weighted by atomic mass is 127. The van der Waals surface area contributed by atoms with Crippen LogP contribution in [0, 0.1) is 0 Å². The summed E-state index contributed by atoms with van der Waals surface area (Å²) < 4.78 is 5.28. The molecule has 0 aliphatic carbocycles. The summed E-state index contributed by atoms with van der Waals surface area (Å²) in [5.41, 5.74) is -0.210. The first-order valence-electron chi connectivity index (χ1n) is 8.85. The van der Waals surface area contributed by atoms with Crippen molar-refractivity contribution in [2.45, 2.75) is 26.0 Å². The summed E-state index contributed by atoms with van der Waals surface area (Å²) in [6, 6.07) is 11.1. The molecule has 1 unspecified atom stereocenters. The largest absolute Gasteiger partial charge is 0.383 e. The number of guanidine groups is 1. The van der Waals surface area contributed by atoms with Crippen molar-refractivity contribution >= 4 is 52.9 Å². The van der Waals surface area contributed by atoms with E-state index in [0.29, 0.717) is 35.8 Å². The van der Waals surface area contributed by atoms with E-state index < -0.39 is 5.60 Å². The maximum Gasteiger partial charge on any atom is 0.248 e. The van der Waals surface area contributed by atoms with Crippen LogP contribution in [0.5, 0.6) is 0 Å². The van der Waals surface area contributed by atoms with Gasteiger partial charge in [0.15, 0.2) is 5.96 Å². The number of nitrogens with one attached hydrogen (secondary N) is 2. The Morgan fingerprint density at radius 2 is 2.14 bits per heavy atom. The molecule has 0 aliphatic heterocycles. The molecule has 3 aromatic rings. The summed E-state index contributed by atoms with van der Waals surface area (Å²) in [5.74, 6) is 1.41. The van der Waals surface area contributed by atoms with Gasteiger partial charge in [-0.2, -0.15) is 4.98 Å². The SMILES string of the molecule is CCNC(=NCc1nc(-c2cccc(Cl)c2)no1)NCC(C)(O)c1cccs1.I. The maximum atomic E-state index is 10.6. The van der Waals surface area contributed by atoms with E-state index in [9.17, 15) is 5.11 Å². The minimum Gasteiger partial charge on any atom is -0.383 e. The molecule has 7 nitrogen and oxygen atoms in total. The fourth-order valence-electron chi connectivity index (χ4n) is 2.48. The highest BCUT2D eigenvalue weighted by Gasteiger charge is 2.24. The highest BCUT2D eigenvalue weighted by molar-refractivity contribution is 14.0. The Balaban J connectivity index is 0.00000300. The fourth-order valence-corrected chi connectivity index (χ4v) is 3.46. The molecule has 0 saturated heterocycles. The van der Waals surface area contributed by atoms with Crippen LogP contribution in [0.4, 0.5) is 0 Å². The fraction of sp³-hybridized carbons (Fsp3) is 0.316. The van der Waals surface area contributed by atoms with Gasteiger partial charge in [-0.05, 0) is 37.4 Å². The molecular formula is C19H23ClIN5O2S. The van der Waals surface area contributed by atoms with Crippen LogP contribution in [0.3, 0.4) is 0 Å². The predicted molar refractivity (Wildman–Crippen MR) is 127 cm³/mol. The lowest BCUT2D eigenvalue weighted by Gasteiger charge is -2.23. The normalized spacial score (nSPS) is 13.4. The molecular weight excluding hydrogens is 525 g/mol. The number of benzene rings is 1. The van der Waals surface area contributed by atoms with Crippen molar-refractivity contribution in [3.63, 3.8) is 0 Å². The van der Waals surface area contributed by atoms with Crippen molar-refractivity contribution in [3.05, 3.63) is 57.6 Å². The molecule has 0 saturated carbocycles. The van der Waals surface area contributed by atoms with Gasteiger partial charge in [0.2, 0.25) is 11.7 Å². The molecule has 10 heteroatoms. The molecule has 0 bridgehead atoms. The maximum absolute atomic E-state index is 10.6. The number of hydrogen-bond donors (Lipinski definition) is 3. The minimum atomic E-state index is -0.991. The lowest BCUT2D eigenvalue weighted by atomic mass is 10.1. The number of hydrogen-bond acceptors (Lipinski definition) is 6. The Morgan fingerprint density at radius 1 is 1.31 bits per heavy atom. The van der Waals surface area contributed by atoms with Crippen LogP contribution in [0.15, 0.2) is 51.3 Å². The second kappa shape index (κ2) is 10.9. The third-order valence-electron chi connectivity index (χ3n) is 3.92. The monoisotopic (exact) mass is 547 g/mol. The minimum absolute atomic E-state index is 0. The van der Waals surface area contributed by atoms with Gasteiger partial charge in [0, 0.05) is 22.0 Å². The molecule has 0 spiro atoms. The summed E-state index contributed by atoms with van der Waals surface area (Å²) in [6.07, 6.45) is 0. The standard InChI is InChI=1S/C19H22ClN5O2S.HI/c1-3-21-18(23-12-19(2,26)15-8-5-9-28-15)22-11-16-24-17(25-27-16)13-6-4-7-14(20)10-13;/h4-10,26H,3,11-12H2,1-2H3,(H2,21,22,23);1H. The lowest BCUT2D eigenvalue weighted by Crippen LogP contribution is -2.44. The molecule has 0 fully saturated rings. The van der Waals surface area contributed by atoms with Crippen LogP contribution in [0.2, 0.25) is 5.02 Å². The zero-order chi connectivity index (χ0) is 20.0. The van der Waals surface area contributed by atoms with E-state index in [1.54, 1.807) is 19.1 Å². The summed E-state index contributed by atoms with van der Waals surface area (Å²) >= 11 is 7.52. The first-order valence-corrected chi connectivity index (χ1v) is 10.1. The number of thiophene rings is 1. The first kappa shape index (κ1) is 23.6. The molecule has 29 heavy (non-hydrogen) atoms. The summed E-state index contributed by atoms with van der Waals surface area (Å²) in [4.78, 5) is 9.70. The Labute approximate surface area is 195 Å². The van der Waals surface area contributed by atoms with Gasteiger partial charge in [-0.1, -0.05) is 35.0 Å². The van der Waals surface area contributed by atoms with Crippen molar-refractivity contribution in [2.75, 3.05) is 13.1 Å². The molecule has 1 aromatic carbocycles. The van der Waals surface area contributed by atoms with Crippen molar-refractivity contribution in [2.24, 2.45) is 4.99 Å². The molecule has 0 radical (unpaired) electrons. The van der Waals surface area contributed by atoms with E-state index in [0.717, 1.165) is 10.4 Å². The summed E-state index contributed by atoms with van der Waals surface area (Å²) in [6.45, 7) is 4.95. The molecule has 2 heterocycles. The first-order chi connectivity index (χ1) is 13.5. The number of aromatic nitrogens is 2. The molecule has 0 amide bonds. The average molecular weight is 548 g/mol. The average Bonchev–Trinajstić information content (AvgIpc) is 3.36. The Bertz CT molecular complexity index is 930. The number of aliphatic imine (C=N–C) groups is 1. The van der Waals surface area contributed by atoms with Crippen LogP contribution in [0.1, 0.15) is 24.6 Å². The van der Waals surface area contributed by atoms with Crippen LogP contribution in [-0.2, 0) is 12.1 Å². The number of aliphatic hydroxyl groups is 1. The van der Waals surface area contributed by atoms with E-state index in [-0.39, 0.29) is 30.5 Å². The van der Waals surface area contributed by atoms with Crippen LogP contribution >= 0.6 is 46.9 Å². The highest BCUT2D eigenvalue weighted by Crippen LogP contribution is 2.24. The van der Waals surface area contributed by atoms with Crippen molar-refractivity contribution < 1.29 is 9.63 Å². The van der Waals surface area contributed by atoms with E-state index >= 15 is 0 Å². The lowest BCUT2D eigenvalue weighted by molar-refractivity contribution is 0.0655. The molecule has 3 rings (SSSR count). The van der Waals surface area contributed by atoms with Crippen molar-refractivity contribution in [3.8, 4) is 11.4 Å². The second-order valence-electron chi connectivity index (χ2n) is 6.32. The van der Waals surface area contributed by atoms with Gasteiger partial charge in [-0.3, -0.25) is 0 Å². The molecule has 0 aliphatic rings. The van der Waals surface area contributed by atoms with Crippen molar-refractivity contribution in [1.82, 2.24) is 20.8 Å². The van der Waals surface area contributed by atoms with Gasteiger partial charge in [0.25, 0.3) is 0 Å². The number of rotatable bonds is 7. The molecule has 2 aromatic heterocycles. The van der Waals surface area contributed by atoms with E-state index in [4.69, 9.17) is 16.1 Å². The van der Waals surface area contributed by atoms with Gasteiger partial charge < -0.3 is 20.3 Å². The zero-order valence-corrected chi connectivity index (χ0v) is 20.0. The van der Waals surface area contributed by atoms with Crippen LogP contribution in [0.25, 0.3) is 11.4 Å². The van der Waals surface area contributed by atoms with Gasteiger partial charge >= 0.3 is 0 Å². The van der Waals surface area contributed by atoms with Gasteiger partial charge in [-0.15, -0.1) is 35.3 Å². The van der Waals surface area contributed by atoms with Crippen LogP contribution in [-0.4, -0.2) is 34.3 Å².